The van der Waals surface area contributed by atoms with Crippen LogP contribution >= 0.6 is 0 Å². The van der Waals surface area contributed by atoms with Crippen LogP contribution < -0.4 is 5.56 Å². The summed E-state index contributed by atoms with van der Waals surface area (Å²) < 4.78 is 1.46. The lowest BCUT2D eigenvalue weighted by Crippen LogP contribution is -2.39. The molecule has 0 saturated carbocycles. The molecule has 0 aromatic carbocycles. The van der Waals surface area contributed by atoms with E-state index in [2.05, 4.69) is 15.3 Å². The minimum atomic E-state index is -0.0731. The Morgan fingerprint density at radius 3 is 2.88 bits per heavy atom. The molecule has 3 heterocycles. The Hall–Kier alpha value is -2.31. The second-order valence-electron chi connectivity index (χ2n) is 6.86. The van der Waals surface area contributed by atoms with Crippen LogP contribution in [-0.2, 0) is 19.9 Å². The van der Waals surface area contributed by atoms with Crippen LogP contribution in [0.1, 0.15) is 65.6 Å². The zero-order chi connectivity index (χ0) is 16.7. The minimum absolute atomic E-state index is 0.0104. The van der Waals surface area contributed by atoms with Gasteiger partial charge in [-0.05, 0) is 44.9 Å². The summed E-state index contributed by atoms with van der Waals surface area (Å²) in [4.78, 5) is 26.8. The van der Waals surface area contributed by atoms with Gasteiger partial charge in [0.1, 0.15) is 0 Å². The molecule has 2 aliphatic rings. The van der Waals surface area contributed by atoms with Gasteiger partial charge in [0, 0.05) is 30.9 Å². The number of aromatic amines is 2. The number of likely N-dealkylation sites (tertiary alicyclic amines) is 1. The molecule has 1 amide bonds. The van der Waals surface area contributed by atoms with Crippen molar-refractivity contribution in [3.63, 3.8) is 0 Å². The average Bonchev–Trinajstić information content (AvgIpc) is 3.18. The number of aryl methyl sites for hydroxylation is 2. The Labute approximate surface area is 140 Å². The molecule has 128 valence electrons. The lowest BCUT2D eigenvalue weighted by Gasteiger charge is -2.35. The van der Waals surface area contributed by atoms with Gasteiger partial charge in [0.2, 0.25) is 0 Å². The SMILES string of the molecule is Cn1[nH]c(C2CCCCN2C(=O)c2n[nH]c3c2CCCC3)cc1=O. The van der Waals surface area contributed by atoms with Crippen molar-refractivity contribution in [1.82, 2.24) is 24.9 Å². The molecule has 7 nitrogen and oxygen atoms in total. The summed E-state index contributed by atoms with van der Waals surface area (Å²) in [6, 6.07) is 1.53. The van der Waals surface area contributed by atoms with E-state index in [4.69, 9.17) is 0 Å². The van der Waals surface area contributed by atoms with E-state index in [0.29, 0.717) is 12.2 Å². The summed E-state index contributed by atoms with van der Waals surface area (Å²) in [6.07, 6.45) is 7.09. The first-order valence-corrected chi connectivity index (χ1v) is 8.78. The molecule has 1 saturated heterocycles. The molecule has 2 N–H and O–H groups in total. The zero-order valence-electron chi connectivity index (χ0n) is 14.0. The third-order valence-corrected chi connectivity index (χ3v) is 5.29. The third kappa shape index (κ3) is 2.48. The number of hydrogen-bond donors (Lipinski definition) is 2. The molecule has 0 radical (unpaired) electrons. The van der Waals surface area contributed by atoms with Crippen LogP contribution in [0.15, 0.2) is 10.9 Å². The fourth-order valence-electron chi connectivity index (χ4n) is 3.97. The monoisotopic (exact) mass is 329 g/mol. The lowest BCUT2D eigenvalue weighted by molar-refractivity contribution is 0.0598. The van der Waals surface area contributed by atoms with E-state index in [1.54, 1.807) is 13.1 Å². The number of carbonyl (C=O) groups excluding carboxylic acids is 1. The highest BCUT2D eigenvalue weighted by atomic mass is 16.2. The summed E-state index contributed by atoms with van der Waals surface area (Å²) in [5.74, 6) is -0.0104. The average molecular weight is 329 g/mol. The van der Waals surface area contributed by atoms with Crippen LogP contribution in [-0.4, -0.2) is 37.3 Å². The Balaban J connectivity index is 1.66. The predicted molar refractivity (Wildman–Crippen MR) is 88.9 cm³/mol. The molecule has 0 spiro atoms. The number of rotatable bonds is 2. The molecule has 2 aromatic rings. The quantitative estimate of drug-likeness (QED) is 0.879. The smallest absolute Gasteiger partial charge is 0.275 e. The summed E-state index contributed by atoms with van der Waals surface area (Å²) in [5.41, 5.74) is 3.54. The lowest BCUT2D eigenvalue weighted by atomic mass is 9.94. The highest BCUT2D eigenvalue weighted by Gasteiger charge is 2.33. The number of fused-ring (bicyclic) bond motifs is 1. The van der Waals surface area contributed by atoms with E-state index in [0.717, 1.165) is 61.9 Å². The summed E-state index contributed by atoms with van der Waals surface area (Å²) in [5, 5.41) is 10.5. The van der Waals surface area contributed by atoms with Crippen molar-refractivity contribution in [3.8, 4) is 0 Å². The second-order valence-corrected chi connectivity index (χ2v) is 6.86. The van der Waals surface area contributed by atoms with Crippen LogP contribution in [0.2, 0.25) is 0 Å². The van der Waals surface area contributed by atoms with Crippen LogP contribution in [0.5, 0.6) is 0 Å². The number of amides is 1. The van der Waals surface area contributed by atoms with Gasteiger partial charge in [0.15, 0.2) is 5.69 Å². The predicted octanol–water partition coefficient (Wildman–Crippen LogP) is 1.68. The minimum Gasteiger partial charge on any atom is -0.329 e. The Morgan fingerprint density at radius 2 is 2.08 bits per heavy atom. The standard InChI is InChI=1S/C17H23N5O2/c1-21-15(23)10-13(20-21)14-8-4-5-9-22(14)17(24)16-11-6-2-3-7-12(11)18-19-16/h10,14,20H,2-9H2,1H3,(H,18,19). The van der Waals surface area contributed by atoms with Crippen molar-refractivity contribution in [1.29, 1.82) is 0 Å². The first-order chi connectivity index (χ1) is 11.6. The maximum absolute atomic E-state index is 13.2. The largest absolute Gasteiger partial charge is 0.329 e. The molecule has 1 aliphatic heterocycles. The number of aromatic nitrogens is 4. The van der Waals surface area contributed by atoms with Gasteiger partial charge in [0.25, 0.3) is 11.5 Å². The van der Waals surface area contributed by atoms with E-state index in [1.807, 2.05) is 4.90 Å². The van der Waals surface area contributed by atoms with E-state index < -0.39 is 0 Å². The molecule has 4 rings (SSSR count). The first kappa shape index (κ1) is 15.2. The van der Waals surface area contributed by atoms with Crippen molar-refractivity contribution >= 4 is 5.91 Å². The van der Waals surface area contributed by atoms with Gasteiger partial charge in [0.05, 0.1) is 11.7 Å². The summed E-state index contributed by atoms with van der Waals surface area (Å²) >= 11 is 0. The number of nitrogens with one attached hydrogen (secondary N) is 2. The van der Waals surface area contributed by atoms with Crippen molar-refractivity contribution in [3.05, 3.63) is 39.1 Å². The highest BCUT2D eigenvalue weighted by Crippen LogP contribution is 2.32. The van der Waals surface area contributed by atoms with Crippen molar-refractivity contribution in [2.75, 3.05) is 6.54 Å². The van der Waals surface area contributed by atoms with Crippen LogP contribution in [0.25, 0.3) is 0 Å². The van der Waals surface area contributed by atoms with Gasteiger partial charge >= 0.3 is 0 Å². The van der Waals surface area contributed by atoms with Gasteiger partial charge in [-0.3, -0.25) is 24.5 Å². The van der Waals surface area contributed by atoms with Crippen LogP contribution in [0, 0.1) is 0 Å². The van der Waals surface area contributed by atoms with Crippen LogP contribution in [0.3, 0.4) is 0 Å². The highest BCUT2D eigenvalue weighted by molar-refractivity contribution is 5.94. The summed E-state index contributed by atoms with van der Waals surface area (Å²) in [6.45, 7) is 0.710. The molecule has 1 fully saturated rings. The van der Waals surface area contributed by atoms with E-state index in [-0.39, 0.29) is 17.5 Å². The van der Waals surface area contributed by atoms with E-state index >= 15 is 0 Å². The summed E-state index contributed by atoms with van der Waals surface area (Å²) in [7, 11) is 1.70. The number of H-pyrrole nitrogens is 2. The number of hydrogen-bond acceptors (Lipinski definition) is 3. The molecule has 2 aromatic heterocycles. The van der Waals surface area contributed by atoms with Crippen molar-refractivity contribution in [2.45, 2.75) is 51.0 Å². The van der Waals surface area contributed by atoms with Gasteiger partial charge in [-0.25, -0.2) is 0 Å². The molecular formula is C17H23N5O2. The molecule has 7 heteroatoms. The van der Waals surface area contributed by atoms with Crippen LogP contribution in [0.4, 0.5) is 0 Å². The normalized spacial score (nSPS) is 20.9. The fraction of sp³-hybridized carbons (Fsp3) is 0.588. The van der Waals surface area contributed by atoms with Gasteiger partial charge < -0.3 is 4.90 Å². The van der Waals surface area contributed by atoms with Gasteiger partial charge in [-0.15, -0.1) is 0 Å². The van der Waals surface area contributed by atoms with E-state index in [1.165, 1.54) is 4.68 Å². The maximum Gasteiger partial charge on any atom is 0.275 e. The third-order valence-electron chi connectivity index (χ3n) is 5.29. The Bertz CT molecular complexity index is 815. The molecule has 1 unspecified atom stereocenters. The molecular weight excluding hydrogens is 306 g/mol. The second kappa shape index (κ2) is 5.96. The zero-order valence-corrected chi connectivity index (χ0v) is 14.0. The molecule has 1 atom stereocenters. The molecule has 24 heavy (non-hydrogen) atoms. The number of carbonyl (C=O) groups is 1. The van der Waals surface area contributed by atoms with Gasteiger partial charge in [-0.2, -0.15) is 5.10 Å². The molecule has 1 aliphatic carbocycles. The number of piperidine rings is 1. The topological polar surface area (TPSA) is 86.8 Å². The van der Waals surface area contributed by atoms with Gasteiger partial charge in [-0.1, -0.05) is 0 Å². The Morgan fingerprint density at radius 1 is 1.25 bits per heavy atom. The maximum atomic E-state index is 13.2. The molecule has 0 bridgehead atoms. The number of nitrogens with zero attached hydrogens (tertiary/aromatic N) is 3. The first-order valence-electron chi connectivity index (χ1n) is 8.78. The van der Waals surface area contributed by atoms with Crippen molar-refractivity contribution in [2.24, 2.45) is 7.05 Å². The van der Waals surface area contributed by atoms with Crippen molar-refractivity contribution < 1.29 is 4.79 Å². The Kier molecular flexibility index (Phi) is 3.78. The van der Waals surface area contributed by atoms with E-state index in [9.17, 15) is 9.59 Å². The fourth-order valence-corrected chi connectivity index (χ4v) is 3.97.